The third-order valence-electron chi connectivity index (χ3n) is 1.86. The molecule has 1 heteroatoms. The van der Waals surface area contributed by atoms with Gasteiger partial charge >= 0.3 is 0 Å². The van der Waals surface area contributed by atoms with E-state index in [2.05, 4.69) is 12.6 Å². The number of allylic oxidation sites excluding steroid dienone is 1. The molecule has 0 atom stereocenters. The van der Waals surface area contributed by atoms with E-state index in [1.165, 1.54) is 6.42 Å². The lowest BCUT2D eigenvalue weighted by Gasteiger charge is -2.31. The van der Waals surface area contributed by atoms with Gasteiger partial charge in [-0.3, -0.25) is 0 Å². The molecule has 1 aliphatic carbocycles. The molecule has 0 heterocycles. The van der Waals surface area contributed by atoms with Gasteiger partial charge in [0.25, 0.3) is 0 Å². The van der Waals surface area contributed by atoms with Gasteiger partial charge in [0, 0.05) is 0 Å². The van der Waals surface area contributed by atoms with Gasteiger partial charge in [-0.2, -0.15) is 5.26 Å². The fourth-order valence-corrected chi connectivity index (χ4v) is 0.919. The van der Waals surface area contributed by atoms with Crippen molar-refractivity contribution in [2.45, 2.75) is 19.3 Å². The Bertz CT molecular complexity index is 137. The van der Waals surface area contributed by atoms with E-state index in [9.17, 15) is 0 Å². The maximum Gasteiger partial charge on any atom is 0.0751 e. The standard InChI is InChI=1S/C7H9N/c1-2-7(6-8)4-3-5-7/h2H,1,3-5H2. The smallest absolute Gasteiger partial charge is 0.0751 e. The summed E-state index contributed by atoms with van der Waals surface area (Å²) in [7, 11) is 0. The lowest BCUT2D eigenvalue weighted by Crippen LogP contribution is -2.23. The largest absolute Gasteiger partial charge is 0.197 e. The van der Waals surface area contributed by atoms with Crippen molar-refractivity contribution in [1.82, 2.24) is 0 Å². The predicted octanol–water partition coefficient (Wildman–Crippen LogP) is 1.87. The van der Waals surface area contributed by atoms with Crippen molar-refractivity contribution in [3.05, 3.63) is 12.7 Å². The van der Waals surface area contributed by atoms with Crippen LogP contribution in [0.15, 0.2) is 12.7 Å². The molecular weight excluding hydrogens is 98.1 g/mol. The number of nitriles is 1. The Labute approximate surface area is 49.6 Å². The second kappa shape index (κ2) is 1.63. The van der Waals surface area contributed by atoms with Crippen LogP contribution in [0.1, 0.15) is 19.3 Å². The minimum atomic E-state index is -0.125. The van der Waals surface area contributed by atoms with Crippen LogP contribution in [-0.2, 0) is 0 Å². The first-order chi connectivity index (χ1) is 3.83. The zero-order chi connectivity index (χ0) is 6.04. The van der Waals surface area contributed by atoms with Gasteiger partial charge in [-0.25, -0.2) is 0 Å². The molecule has 0 aromatic carbocycles. The minimum Gasteiger partial charge on any atom is -0.197 e. The summed E-state index contributed by atoms with van der Waals surface area (Å²) in [6.45, 7) is 3.60. The van der Waals surface area contributed by atoms with Gasteiger partial charge in [0.15, 0.2) is 0 Å². The molecule has 1 nitrogen and oxygen atoms in total. The first-order valence-electron chi connectivity index (χ1n) is 2.88. The molecule has 42 valence electrons. The molecule has 1 fully saturated rings. The Morgan fingerprint density at radius 1 is 1.62 bits per heavy atom. The van der Waals surface area contributed by atoms with Gasteiger partial charge in [-0.05, 0) is 19.3 Å². The average Bonchev–Trinajstić information content (AvgIpc) is 1.67. The van der Waals surface area contributed by atoms with Gasteiger partial charge in [0.1, 0.15) is 0 Å². The topological polar surface area (TPSA) is 23.8 Å². The van der Waals surface area contributed by atoms with Crippen LogP contribution in [0.3, 0.4) is 0 Å². The van der Waals surface area contributed by atoms with Crippen LogP contribution >= 0.6 is 0 Å². The second-order valence-corrected chi connectivity index (χ2v) is 2.33. The third-order valence-corrected chi connectivity index (χ3v) is 1.86. The monoisotopic (exact) mass is 107 g/mol. The van der Waals surface area contributed by atoms with Crippen molar-refractivity contribution in [2.75, 3.05) is 0 Å². The van der Waals surface area contributed by atoms with E-state index in [-0.39, 0.29) is 5.41 Å². The predicted molar refractivity (Wildman–Crippen MR) is 32.1 cm³/mol. The van der Waals surface area contributed by atoms with Crippen LogP contribution in [-0.4, -0.2) is 0 Å². The van der Waals surface area contributed by atoms with Gasteiger partial charge in [-0.15, -0.1) is 6.58 Å². The lowest BCUT2D eigenvalue weighted by atomic mass is 9.70. The van der Waals surface area contributed by atoms with Crippen LogP contribution < -0.4 is 0 Å². The molecule has 1 aliphatic rings. The molecule has 1 rings (SSSR count). The van der Waals surface area contributed by atoms with E-state index in [0.29, 0.717) is 0 Å². The van der Waals surface area contributed by atoms with E-state index >= 15 is 0 Å². The van der Waals surface area contributed by atoms with Gasteiger partial charge < -0.3 is 0 Å². The van der Waals surface area contributed by atoms with Crippen molar-refractivity contribution in [1.29, 1.82) is 5.26 Å². The molecule has 0 bridgehead atoms. The number of hydrogen-bond donors (Lipinski definition) is 0. The maximum atomic E-state index is 8.52. The lowest BCUT2D eigenvalue weighted by molar-refractivity contribution is 0.289. The van der Waals surface area contributed by atoms with Crippen LogP contribution in [0, 0.1) is 16.7 Å². The Kier molecular flexibility index (Phi) is 1.09. The van der Waals surface area contributed by atoms with E-state index in [1.54, 1.807) is 6.08 Å². The first-order valence-corrected chi connectivity index (χ1v) is 2.88. The van der Waals surface area contributed by atoms with Crippen molar-refractivity contribution in [3.8, 4) is 6.07 Å². The van der Waals surface area contributed by atoms with Crippen molar-refractivity contribution < 1.29 is 0 Å². The summed E-state index contributed by atoms with van der Waals surface area (Å²) in [6.07, 6.45) is 5.01. The van der Waals surface area contributed by atoms with Gasteiger partial charge in [0.2, 0.25) is 0 Å². The summed E-state index contributed by atoms with van der Waals surface area (Å²) < 4.78 is 0. The fraction of sp³-hybridized carbons (Fsp3) is 0.571. The third kappa shape index (κ3) is 0.535. The molecule has 0 saturated heterocycles. The number of hydrogen-bond acceptors (Lipinski definition) is 1. The quantitative estimate of drug-likeness (QED) is 0.469. The van der Waals surface area contributed by atoms with Crippen molar-refractivity contribution in [2.24, 2.45) is 5.41 Å². The fourth-order valence-electron chi connectivity index (χ4n) is 0.919. The highest BCUT2D eigenvalue weighted by Gasteiger charge is 2.33. The molecule has 0 spiro atoms. The highest BCUT2D eigenvalue weighted by Crippen LogP contribution is 2.40. The number of rotatable bonds is 1. The first kappa shape index (κ1) is 5.37. The highest BCUT2D eigenvalue weighted by atomic mass is 14.4. The van der Waals surface area contributed by atoms with Crippen LogP contribution in [0.25, 0.3) is 0 Å². The van der Waals surface area contributed by atoms with Crippen molar-refractivity contribution in [3.63, 3.8) is 0 Å². The Morgan fingerprint density at radius 3 is 2.25 bits per heavy atom. The van der Waals surface area contributed by atoms with Crippen molar-refractivity contribution >= 4 is 0 Å². The molecule has 1 saturated carbocycles. The summed E-state index contributed by atoms with van der Waals surface area (Å²) in [6, 6.07) is 2.25. The Balaban J connectivity index is 2.62. The van der Waals surface area contributed by atoms with E-state index in [0.717, 1.165) is 12.8 Å². The molecule has 0 aliphatic heterocycles. The van der Waals surface area contributed by atoms with Crippen LogP contribution in [0.2, 0.25) is 0 Å². The Hall–Kier alpha value is -0.770. The molecule has 0 aromatic rings. The maximum absolute atomic E-state index is 8.52. The summed E-state index contributed by atoms with van der Waals surface area (Å²) in [5.74, 6) is 0. The summed E-state index contributed by atoms with van der Waals surface area (Å²) in [5, 5.41) is 8.52. The summed E-state index contributed by atoms with van der Waals surface area (Å²) in [5.41, 5.74) is -0.125. The highest BCUT2D eigenvalue weighted by molar-refractivity contribution is 5.14. The van der Waals surface area contributed by atoms with Crippen LogP contribution in [0.5, 0.6) is 0 Å². The zero-order valence-electron chi connectivity index (χ0n) is 4.85. The van der Waals surface area contributed by atoms with Gasteiger partial charge in [0.05, 0.1) is 11.5 Å². The summed E-state index contributed by atoms with van der Waals surface area (Å²) >= 11 is 0. The molecule has 0 amide bonds. The molecular formula is C7H9N. The molecule has 0 N–H and O–H groups in total. The molecule has 0 aromatic heterocycles. The minimum absolute atomic E-state index is 0.125. The van der Waals surface area contributed by atoms with Gasteiger partial charge in [-0.1, -0.05) is 6.08 Å². The van der Waals surface area contributed by atoms with E-state index in [4.69, 9.17) is 5.26 Å². The van der Waals surface area contributed by atoms with E-state index in [1.807, 2.05) is 0 Å². The zero-order valence-corrected chi connectivity index (χ0v) is 4.85. The number of nitrogens with zero attached hydrogens (tertiary/aromatic N) is 1. The SMILES string of the molecule is C=CC1(C#N)CCC1. The van der Waals surface area contributed by atoms with Crippen LogP contribution in [0.4, 0.5) is 0 Å². The molecule has 0 unspecified atom stereocenters. The Morgan fingerprint density at radius 2 is 2.25 bits per heavy atom. The second-order valence-electron chi connectivity index (χ2n) is 2.33. The summed E-state index contributed by atoms with van der Waals surface area (Å²) in [4.78, 5) is 0. The molecule has 0 radical (unpaired) electrons. The normalized spacial score (nSPS) is 22.9. The molecule has 8 heavy (non-hydrogen) atoms. The average molecular weight is 107 g/mol. The van der Waals surface area contributed by atoms with E-state index < -0.39 is 0 Å².